The summed E-state index contributed by atoms with van der Waals surface area (Å²) in [6.07, 6.45) is 2.21. The van der Waals surface area contributed by atoms with Gasteiger partial charge < -0.3 is 4.90 Å². The normalized spacial score (nSPS) is 10.3. The van der Waals surface area contributed by atoms with Crippen LogP contribution in [0.2, 0.25) is 0 Å². The average Bonchev–Trinajstić information content (AvgIpc) is 2.85. The summed E-state index contributed by atoms with van der Waals surface area (Å²) in [6, 6.07) is 8.07. The molecule has 0 atom stereocenters. The van der Waals surface area contributed by atoms with Gasteiger partial charge in [0.15, 0.2) is 0 Å². The van der Waals surface area contributed by atoms with Gasteiger partial charge in [0.05, 0.1) is 13.0 Å². The van der Waals surface area contributed by atoms with Gasteiger partial charge in [-0.1, -0.05) is 29.8 Å². The molecule has 4 heteroatoms. The summed E-state index contributed by atoms with van der Waals surface area (Å²) in [7, 11) is 1.82. The number of likely N-dealkylation sites (N-methyl/N-ethyl adjacent to an activating group) is 1. The Bertz CT molecular complexity index is 505. The van der Waals surface area contributed by atoms with Crippen LogP contribution in [0.15, 0.2) is 35.8 Å². The molecule has 94 valence electrons. The van der Waals surface area contributed by atoms with E-state index < -0.39 is 0 Å². The maximum atomic E-state index is 12.0. The SMILES string of the molecule is Cc1ccc(CC(=O)N(C)Cc2nccs2)cc1. The quantitative estimate of drug-likeness (QED) is 0.846. The van der Waals surface area contributed by atoms with E-state index in [1.165, 1.54) is 5.56 Å². The van der Waals surface area contributed by atoms with Gasteiger partial charge in [-0.3, -0.25) is 4.79 Å². The zero-order valence-electron chi connectivity index (χ0n) is 10.6. The number of carbonyl (C=O) groups is 1. The molecule has 0 unspecified atom stereocenters. The lowest BCUT2D eigenvalue weighted by molar-refractivity contribution is -0.129. The first kappa shape index (κ1) is 12.8. The van der Waals surface area contributed by atoms with Crippen LogP contribution in [0, 0.1) is 6.92 Å². The van der Waals surface area contributed by atoms with Gasteiger partial charge >= 0.3 is 0 Å². The van der Waals surface area contributed by atoms with Crippen molar-refractivity contribution < 1.29 is 4.79 Å². The predicted octanol–water partition coefficient (Wildman–Crippen LogP) is 2.65. The number of hydrogen-bond donors (Lipinski definition) is 0. The molecule has 1 aromatic heterocycles. The van der Waals surface area contributed by atoms with Crippen LogP contribution in [-0.4, -0.2) is 22.8 Å². The van der Waals surface area contributed by atoms with Crippen LogP contribution in [0.1, 0.15) is 16.1 Å². The summed E-state index contributed by atoms with van der Waals surface area (Å²) in [5.41, 5.74) is 2.26. The predicted molar refractivity (Wildman–Crippen MR) is 73.5 cm³/mol. The maximum Gasteiger partial charge on any atom is 0.227 e. The van der Waals surface area contributed by atoms with E-state index in [-0.39, 0.29) is 5.91 Å². The van der Waals surface area contributed by atoms with E-state index >= 15 is 0 Å². The van der Waals surface area contributed by atoms with Crippen molar-refractivity contribution in [3.05, 3.63) is 52.0 Å². The zero-order chi connectivity index (χ0) is 13.0. The first-order valence-electron chi connectivity index (χ1n) is 5.83. The van der Waals surface area contributed by atoms with E-state index in [1.807, 2.05) is 43.6 Å². The molecule has 0 bridgehead atoms. The van der Waals surface area contributed by atoms with Crippen LogP contribution in [0.4, 0.5) is 0 Å². The highest BCUT2D eigenvalue weighted by atomic mass is 32.1. The molecule has 0 fully saturated rings. The van der Waals surface area contributed by atoms with Crippen LogP contribution in [0.5, 0.6) is 0 Å². The van der Waals surface area contributed by atoms with Crippen molar-refractivity contribution in [3.63, 3.8) is 0 Å². The number of aromatic nitrogens is 1. The maximum absolute atomic E-state index is 12.0. The lowest BCUT2D eigenvalue weighted by atomic mass is 10.1. The Kier molecular flexibility index (Phi) is 4.10. The van der Waals surface area contributed by atoms with Gasteiger partial charge in [0.2, 0.25) is 5.91 Å². The molecule has 0 N–H and O–H groups in total. The van der Waals surface area contributed by atoms with E-state index in [1.54, 1.807) is 22.4 Å². The largest absolute Gasteiger partial charge is 0.339 e. The summed E-state index contributed by atoms with van der Waals surface area (Å²) in [5.74, 6) is 0.119. The molecule has 1 aromatic carbocycles. The van der Waals surface area contributed by atoms with E-state index in [9.17, 15) is 4.79 Å². The molecule has 2 aromatic rings. The van der Waals surface area contributed by atoms with E-state index in [2.05, 4.69) is 4.98 Å². The number of aryl methyl sites for hydroxylation is 1. The topological polar surface area (TPSA) is 33.2 Å². The van der Waals surface area contributed by atoms with Gasteiger partial charge in [0, 0.05) is 18.6 Å². The Balaban J connectivity index is 1.93. The fourth-order valence-electron chi connectivity index (χ4n) is 1.64. The number of hydrogen-bond acceptors (Lipinski definition) is 3. The molecule has 0 aliphatic rings. The number of thiazole rings is 1. The molecule has 18 heavy (non-hydrogen) atoms. The van der Waals surface area contributed by atoms with Gasteiger partial charge in [-0.05, 0) is 12.5 Å². The van der Waals surface area contributed by atoms with Crippen molar-refractivity contribution in [2.45, 2.75) is 19.9 Å². The standard InChI is InChI=1S/C14H16N2OS/c1-11-3-5-12(6-4-11)9-14(17)16(2)10-13-15-7-8-18-13/h3-8H,9-10H2,1-2H3. The lowest BCUT2D eigenvalue weighted by Crippen LogP contribution is -2.27. The highest BCUT2D eigenvalue weighted by molar-refractivity contribution is 7.09. The molecule has 0 saturated heterocycles. The van der Waals surface area contributed by atoms with Crippen molar-refractivity contribution in [2.24, 2.45) is 0 Å². The molecular weight excluding hydrogens is 244 g/mol. The number of amides is 1. The Morgan fingerprint density at radius 2 is 2.06 bits per heavy atom. The van der Waals surface area contributed by atoms with Crippen LogP contribution in [-0.2, 0) is 17.8 Å². The Hall–Kier alpha value is -1.68. The number of rotatable bonds is 4. The lowest BCUT2D eigenvalue weighted by Gasteiger charge is -2.15. The fraction of sp³-hybridized carbons (Fsp3) is 0.286. The molecule has 0 saturated carbocycles. The van der Waals surface area contributed by atoms with E-state index in [4.69, 9.17) is 0 Å². The van der Waals surface area contributed by atoms with Crippen molar-refractivity contribution in [1.29, 1.82) is 0 Å². The van der Waals surface area contributed by atoms with Crippen LogP contribution in [0.25, 0.3) is 0 Å². The summed E-state index contributed by atoms with van der Waals surface area (Å²) in [5, 5.41) is 2.89. The van der Waals surface area contributed by atoms with Crippen molar-refractivity contribution >= 4 is 17.2 Å². The fourth-order valence-corrected chi connectivity index (χ4v) is 2.31. The first-order valence-corrected chi connectivity index (χ1v) is 6.71. The molecule has 2 rings (SSSR count). The molecule has 0 spiro atoms. The minimum Gasteiger partial charge on any atom is -0.339 e. The van der Waals surface area contributed by atoms with Crippen molar-refractivity contribution in [3.8, 4) is 0 Å². The second-order valence-electron chi connectivity index (χ2n) is 4.34. The van der Waals surface area contributed by atoms with Gasteiger partial charge in [-0.15, -0.1) is 11.3 Å². The molecular formula is C14H16N2OS. The van der Waals surface area contributed by atoms with Gasteiger partial charge in [-0.2, -0.15) is 0 Å². The number of nitrogens with zero attached hydrogens (tertiary/aromatic N) is 2. The Morgan fingerprint density at radius 3 is 2.67 bits per heavy atom. The number of benzene rings is 1. The van der Waals surface area contributed by atoms with Gasteiger partial charge in [-0.25, -0.2) is 4.98 Å². The summed E-state index contributed by atoms with van der Waals surface area (Å²) in [4.78, 5) is 17.9. The van der Waals surface area contributed by atoms with Gasteiger partial charge in [0.1, 0.15) is 5.01 Å². The third-order valence-electron chi connectivity index (χ3n) is 2.76. The van der Waals surface area contributed by atoms with Crippen LogP contribution < -0.4 is 0 Å². The third kappa shape index (κ3) is 3.40. The Morgan fingerprint density at radius 1 is 1.33 bits per heavy atom. The second-order valence-corrected chi connectivity index (χ2v) is 5.32. The molecule has 0 aliphatic heterocycles. The average molecular weight is 260 g/mol. The van der Waals surface area contributed by atoms with E-state index in [0.29, 0.717) is 13.0 Å². The highest BCUT2D eigenvalue weighted by Gasteiger charge is 2.11. The van der Waals surface area contributed by atoms with Gasteiger partial charge in [0.25, 0.3) is 0 Å². The second kappa shape index (κ2) is 5.78. The zero-order valence-corrected chi connectivity index (χ0v) is 11.4. The monoisotopic (exact) mass is 260 g/mol. The molecule has 3 nitrogen and oxygen atoms in total. The molecule has 1 heterocycles. The highest BCUT2D eigenvalue weighted by Crippen LogP contribution is 2.09. The molecule has 0 aliphatic carbocycles. The van der Waals surface area contributed by atoms with Crippen LogP contribution >= 0.6 is 11.3 Å². The summed E-state index contributed by atoms with van der Waals surface area (Å²) >= 11 is 1.57. The summed E-state index contributed by atoms with van der Waals surface area (Å²) in [6.45, 7) is 2.63. The minimum absolute atomic E-state index is 0.119. The van der Waals surface area contributed by atoms with E-state index in [0.717, 1.165) is 10.6 Å². The van der Waals surface area contributed by atoms with Crippen LogP contribution in [0.3, 0.4) is 0 Å². The summed E-state index contributed by atoms with van der Waals surface area (Å²) < 4.78 is 0. The minimum atomic E-state index is 0.119. The first-order chi connectivity index (χ1) is 8.65. The number of carbonyl (C=O) groups excluding carboxylic acids is 1. The Labute approximate surface area is 111 Å². The molecule has 1 amide bonds. The molecule has 0 radical (unpaired) electrons. The third-order valence-corrected chi connectivity index (χ3v) is 3.52. The smallest absolute Gasteiger partial charge is 0.227 e. The van der Waals surface area contributed by atoms with Crippen molar-refractivity contribution in [1.82, 2.24) is 9.88 Å². The van der Waals surface area contributed by atoms with Crippen molar-refractivity contribution in [2.75, 3.05) is 7.05 Å².